The second-order valence-corrected chi connectivity index (χ2v) is 9.96. The lowest BCUT2D eigenvalue weighted by Crippen LogP contribution is -2.56. The molecule has 0 atom stereocenters. The molecule has 3 amide bonds. The Kier molecular flexibility index (Phi) is 4.96. The van der Waals surface area contributed by atoms with E-state index in [0.29, 0.717) is 19.4 Å². The Morgan fingerprint density at radius 1 is 1.00 bits per heavy atom. The number of likely N-dealkylation sites (tertiary alicyclic amines) is 1. The number of piperidine rings is 1. The quantitative estimate of drug-likeness (QED) is 0.557. The van der Waals surface area contributed by atoms with Crippen LogP contribution in [0.3, 0.4) is 0 Å². The average molecular weight is 462 g/mol. The molecule has 3 aliphatic rings. The summed E-state index contributed by atoms with van der Waals surface area (Å²) in [6.45, 7) is 4.96. The maximum Gasteiger partial charge on any atom is 0.327 e. The zero-order valence-electron chi connectivity index (χ0n) is 18.7. The number of likely N-dealkylation sites (N-methyl/N-ethyl adjacent to an activating group) is 1. The molecule has 1 aliphatic carbocycles. The van der Waals surface area contributed by atoms with Crippen molar-refractivity contribution in [1.29, 1.82) is 0 Å². The largest absolute Gasteiger partial charge is 0.327 e. The van der Waals surface area contributed by atoms with Crippen LogP contribution in [0.4, 0.5) is 4.79 Å². The molecular weight excluding hydrogens is 434 g/mol. The van der Waals surface area contributed by atoms with Crippen LogP contribution in [-0.2, 0) is 24.2 Å². The van der Waals surface area contributed by atoms with Crippen molar-refractivity contribution in [3.05, 3.63) is 59.2 Å². The predicted octanol–water partition coefficient (Wildman–Crippen LogP) is 3.48. The van der Waals surface area contributed by atoms with Crippen LogP contribution in [0.1, 0.15) is 36.5 Å². The van der Waals surface area contributed by atoms with Crippen LogP contribution in [0, 0.1) is 0 Å². The van der Waals surface area contributed by atoms with Crippen LogP contribution in [-0.4, -0.2) is 66.6 Å². The van der Waals surface area contributed by atoms with Gasteiger partial charge in [-0.05, 0) is 61.4 Å². The molecule has 1 aromatic heterocycles. The van der Waals surface area contributed by atoms with Crippen LogP contribution in [0.15, 0.2) is 42.5 Å². The fraction of sp³-hybridized carbons (Fsp3) is 0.440. The minimum atomic E-state index is -0.695. The van der Waals surface area contributed by atoms with E-state index in [0.717, 1.165) is 43.5 Å². The van der Waals surface area contributed by atoms with E-state index in [9.17, 15) is 9.59 Å². The molecule has 0 bridgehead atoms. The molecule has 2 aromatic carbocycles. The maximum atomic E-state index is 13.8. The maximum absolute atomic E-state index is 13.8. The first kappa shape index (κ1) is 20.7. The summed E-state index contributed by atoms with van der Waals surface area (Å²) in [6, 6.07) is 14.4. The molecule has 33 heavy (non-hydrogen) atoms. The van der Waals surface area contributed by atoms with Gasteiger partial charge in [0.05, 0.1) is 11.7 Å². The third kappa shape index (κ3) is 3.27. The number of carbonyl (C=O) groups is 2. The fourth-order valence-corrected chi connectivity index (χ4v) is 6.48. The van der Waals surface area contributed by atoms with Gasteiger partial charge in [-0.2, -0.15) is 8.75 Å². The van der Waals surface area contributed by atoms with Gasteiger partial charge in [0, 0.05) is 32.2 Å². The summed E-state index contributed by atoms with van der Waals surface area (Å²) in [5.41, 5.74) is 4.90. The molecule has 2 fully saturated rings. The van der Waals surface area contributed by atoms with Gasteiger partial charge in [0.2, 0.25) is 0 Å². The smallest absolute Gasteiger partial charge is 0.310 e. The lowest BCUT2D eigenvalue weighted by atomic mass is 9.85. The predicted molar refractivity (Wildman–Crippen MR) is 127 cm³/mol. The number of fused-ring (bicyclic) bond motifs is 2. The third-order valence-corrected chi connectivity index (χ3v) is 8.25. The van der Waals surface area contributed by atoms with Crippen molar-refractivity contribution < 1.29 is 9.59 Å². The van der Waals surface area contributed by atoms with Gasteiger partial charge < -0.3 is 4.90 Å². The standard InChI is InChI=1S/C25H27N5O2S/c1-2-29-24(32)30(20-14-18-5-3-4-6-19(18)15-20)23(31)25(29)9-11-28(12-10-25)16-17-7-8-21-22(13-17)27-33-26-21/h3-8,13,20H,2,9-12,14-16H2,1H3. The van der Waals surface area contributed by atoms with E-state index >= 15 is 0 Å². The SMILES string of the molecule is CCN1C(=O)N(C2Cc3ccccc3C2)C(=O)C12CCN(Cc1ccc3nsnc3c1)CC2. The van der Waals surface area contributed by atoms with Gasteiger partial charge in [-0.3, -0.25) is 14.6 Å². The van der Waals surface area contributed by atoms with E-state index in [1.165, 1.54) is 28.4 Å². The highest BCUT2D eigenvalue weighted by Crippen LogP contribution is 2.40. The van der Waals surface area contributed by atoms with Gasteiger partial charge in [0.15, 0.2) is 0 Å². The lowest BCUT2D eigenvalue weighted by Gasteiger charge is -2.42. The number of rotatable bonds is 4. The minimum Gasteiger partial charge on any atom is -0.310 e. The molecule has 170 valence electrons. The highest BCUT2D eigenvalue weighted by atomic mass is 32.1. The third-order valence-electron chi connectivity index (χ3n) is 7.69. The fourth-order valence-electron chi connectivity index (χ4n) is 5.97. The average Bonchev–Trinajstić information content (AvgIpc) is 3.51. The molecule has 3 heterocycles. The molecule has 0 radical (unpaired) electrons. The van der Waals surface area contributed by atoms with Gasteiger partial charge in [-0.25, -0.2) is 4.79 Å². The van der Waals surface area contributed by atoms with Crippen molar-refractivity contribution in [3.8, 4) is 0 Å². The summed E-state index contributed by atoms with van der Waals surface area (Å²) >= 11 is 1.24. The van der Waals surface area contributed by atoms with Crippen molar-refractivity contribution in [2.75, 3.05) is 19.6 Å². The van der Waals surface area contributed by atoms with Crippen molar-refractivity contribution in [2.45, 2.75) is 50.7 Å². The van der Waals surface area contributed by atoms with E-state index in [1.54, 1.807) is 4.90 Å². The van der Waals surface area contributed by atoms with Crippen LogP contribution in [0.2, 0.25) is 0 Å². The molecule has 7 nitrogen and oxygen atoms in total. The van der Waals surface area contributed by atoms with Crippen molar-refractivity contribution in [3.63, 3.8) is 0 Å². The van der Waals surface area contributed by atoms with E-state index in [2.05, 4.69) is 37.9 Å². The Bertz CT molecular complexity index is 1210. The summed E-state index contributed by atoms with van der Waals surface area (Å²) < 4.78 is 8.63. The minimum absolute atomic E-state index is 0.0155. The van der Waals surface area contributed by atoms with Gasteiger partial charge in [-0.15, -0.1) is 0 Å². The molecule has 0 unspecified atom stereocenters. The number of imide groups is 1. The topological polar surface area (TPSA) is 69.6 Å². The monoisotopic (exact) mass is 461 g/mol. The molecule has 3 aromatic rings. The normalized spacial score (nSPS) is 21.0. The number of urea groups is 1. The van der Waals surface area contributed by atoms with E-state index in [1.807, 2.05) is 30.0 Å². The van der Waals surface area contributed by atoms with Crippen molar-refractivity contribution in [2.24, 2.45) is 0 Å². The second kappa shape index (κ2) is 7.88. The van der Waals surface area contributed by atoms with E-state index in [4.69, 9.17) is 0 Å². The Morgan fingerprint density at radius 3 is 2.39 bits per heavy atom. The highest BCUT2D eigenvalue weighted by molar-refractivity contribution is 7.00. The number of aromatic nitrogens is 2. The Balaban J connectivity index is 1.18. The first-order chi connectivity index (χ1) is 16.1. The number of hydrogen-bond donors (Lipinski definition) is 0. The zero-order chi connectivity index (χ0) is 22.6. The molecular formula is C25H27N5O2S. The van der Waals surface area contributed by atoms with E-state index < -0.39 is 5.54 Å². The first-order valence-corrected chi connectivity index (χ1v) is 12.5. The van der Waals surface area contributed by atoms with Crippen LogP contribution >= 0.6 is 11.7 Å². The van der Waals surface area contributed by atoms with Gasteiger partial charge in [-0.1, -0.05) is 30.3 Å². The van der Waals surface area contributed by atoms with Crippen molar-refractivity contribution in [1.82, 2.24) is 23.4 Å². The Hall–Kier alpha value is -2.84. The molecule has 0 saturated carbocycles. The van der Waals surface area contributed by atoms with Gasteiger partial charge >= 0.3 is 6.03 Å². The summed E-state index contributed by atoms with van der Waals surface area (Å²) in [4.78, 5) is 33.1. The van der Waals surface area contributed by atoms with Crippen LogP contribution < -0.4 is 0 Å². The van der Waals surface area contributed by atoms with Crippen LogP contribution in [0.25, 0.3) is 11.0 Å². The summed E-state index contributed by atoms with van der Waals surface area (Å²) in [6.07, 6.45) is 2.90. The molecule has 1 spiro atoms. The Morgan fingerprint density at radius 2 is 1.70 bits per heavy atom. The number of nitrogens with zero attached hydrogens (tertiary/aromatic N) is 5. The first-order valence-electron chi connectivity index (χ1n) is 11.7. The second-order valence-electron chi connectivity index (χ2n) is 9.43. The lowest BCUT2D eigenvalue weighted by molar-refractivity contribution is -0.137. The van der Waals surface area contributed by atoms with Crippen molar-refractivity contribution >= 4 is 34.7 Å². The Labute approximate surface area is 197 Å². The van der Waals surface area contributed by atoms with Crippen LogP contribution in [0.5, 0.6) is 0 Å². The summed E-state index contributed by atoms with van der Waals surface area (Å²) in [5.74, 6) is 0.0155. The highest BCUT2D eigenvalue weighted by Gasteiger charge is 2.59. The molecule has 8 heteroatoms. The molecule has 2 aliphatic heterocycles. The zero-order valence-corrected chi connectivity index (χ0v) is 19.6. The summed E-state index contributed by atoms with van der Waals surface area (Å²) in [5, 5.41) is 0. The number of hydrogen-bond acceptors (Lipinski definition) is 6. The number of amides is 3. The number of carbonyl (C=O) groups excluding carboxylic acids is 2. The summed E-state index contributed by atoms with van der Waals surface area (Å²) in [7, 11) is 0. The van der Waals surface area contributed by atoms with E-state index in [-0.39, 0.29) is 18.0 Å². The van der Waals surface area contributed by atoms with Gasteiger partial charge in [0.25, 0.3) is 5.91 Å². The van der Waals surface area contributed by atoms with Gasteiger partial charge in [0.1, 0.15) is 16.6 Å². The molecule has 6 rings (SSSR count). The molecule has 2 saturated heterocycles. The number of benzene rings is 2. The molecule has 0 N–H and O–H groups in total.